The van der Waals surface area contributed by atoms with Crippen LogP contribution in [-0.4, -0.2) is 25.1 Å². The van der Waals surface area contributed by atoms with Crippen molar-refractivity contribution in [1.29, 1.82) is 0 Å². The lowest BCUT2D eigenvalue weighted by atomic mass is 10.2. The maximum absolute atomic E-state index is 12.5. The van der Waals surface area contributed by atoms with E-state index in [-0.39, 0.29) is 12.0 Å². The van der Waals surface area contributed by atoms with Gasteiger partial charge in [-0.1, -0.05) is 24.3 Å². The Bertz CT molecular complexity index is 683. The highest BCUT2D eigenvalue weighted by molar-refractivity contribution is 5.95. The molecule has 128 valence electrons. The van der Waals surface area contributed by atoms with Crippen LogP contribution in [0.4, 0.5) is 11.4 Å². The number of nitrogens with zero attached hydrogens (tertiary/aromatic N) is 1. The number of hydrogen-bond acceptors (Lipinski definition) is 3. The predicted octanol–water partition coefficient (Wildman–Crippen LogP) is 4.25. The van der Waals surface area contributed by atoms with Crippen molar-refractivity contribution < 1.29 is 9.53 Å². The first kappa shape index (κ1) is 17.9. The van der Waals surface area contributed by atoms with Crippen molar-refractivity contribution in [2.75, 3.05) is 23.3 Å². The van der Waals surface area contributed by atoms with Gasteiger partial charge in [0, 0.05) is 12.2 Å². The van der Waals surface area contributed by atoms with Crippen molar-refractivity contribution in [3.8, 4) is 5.75 Å². The Morgan fingerprint density at radius 2 is 1.92 bits per heavy atom. The summed E-state index contributed by atoms with van der Waals surface area (Å²) in [5.41, 5.74) is 2.94. The van der Waals surface area contributed by atoms with Crippen molar-refractivity contribution >= 4 is 17.3 Å². The molecule has 0 unspecified atom stereocenters. The quantitative estimate of drug-likeness (QED) is 0.827. The van der Waals surface area contributed by atoms with Gasteiger partial charge in [0.15, 0.2) is 0 Å². The number of likely N-dealkylation sites (N-methyl/N-ethyl adjacent to an activating group) is 1. The van der Waals surface area contributed by atoms with Crippen molar-refractivity contribution in [3.05, 3.63) is 54.1 Å². The molecule has 0 aromatic heterocycles. The molecule has 0 aliphatic heterocycles. The number of benzene rings is 2. The van der Waals surface area contributed by atoms with Gasteiger partial charge in [-0.05, 0) is 57.5 Å². The van der Waals surface area contributed by atoms with Crippen molar-refractivity contribution in [3.63, 3.8) is 0 Å². The summed E-state index contributed by atoms with van der Waals surface area (Å²) in [7, 11) is 0. The SMILES string of the molecule is CCN(CC(=O)Nc1ccccc1OC(C)C)c1cccc(C)c1. The second-order valence-corrected chi connectivity index (χ2v) is 6.06. The van der Waals surface area contributed by atoms with Gasteiger partial charge in [0.1, 0.15) is 5.75 Å². The number of rotatable bonds is 7. The van der Waals surface area contributed by atoms with Crippen LogP contribution in [0.15, 0.2) is 48.5 Å². The van der Waals surface area contributed by atoms with Crippen molar-refractivity contribution in [2.24, 2.45) is 0 Å². The summed E-state index contributed by atoms with van der Waals surface area (Å²) in [5, 5.41) is 2.96. The highest BCUT2D eigenvalue weighted by atomic mass is 16.5. The lowest BCUT2D eigenvalue weighted by Gasteiger charge is -2.23. The number of hydrogen-bond donors (Lipinski definition) is 1. The second-order valence-electron chi connectivity index (χ2n) is 6.06. The Kier molecular flexibility index (Phi) is 6.24. The molecule has 0 saturated carbocycles. The van der Waals surface area contributed by atoms with E-state index < -0.39 is 0 Å². The minimum Gasteiger partial charge on any atom is -0.489 e. The average Bonchev–Trinajstić information content (AvgIpc) is 2.54. The Hall–Kier alpha value is -2.49. The first-order chi connectivity index (χ1) is 11.5. The minimum atomic E-state index is -0.0573. The zero-order valence-corrected chi connectivity index (χ0v) is 14.9. The summed E-state index contributed by atoms with van der Waals surface area (Å²) in [4.78, 5) is 14.5. The molecule has 1 N–H and O–H groups in total. The van der Waals surface area contributed by atoms with E-state index in [1.807, 2.05) is 62.1 Å². The monoisotopic (exact) mass is 326 g/mol. The van der Waals surface area contributed by atoms with Gasteiger partial charge in [0.25, 0.3) is 0 Å². The molecule has 0 spiro atoms. The van der Waals surface area contributed by atoms with Crippen LogP contribution in [0, 0.1) is 6.92 Å². The van der Waals surface area contributed by atoms with E-state index >= 15 is 0 Å². The predicted molar refractivity (Wildman–Crippen MR) is 99.9 cm³/mol. The van der Waals surface area contributed by atoms with Crippen LogP contribution in [-0.2, 0) is 4.79 Å². The zero-order chi connectivity index (χ0) is 17.5. The molecule has 2 rings (SSSR count). The number of para-hydroxylation sites is 2. The molecule has 0 bridgehead atoms. The molecule has 4 nitrogen and oxygen atoms in total. The molecule has 0 saturated heterocycles. The van der Waals surface area contributed by atoms with Crippen molar-refractivity contribution in [1.82, 2.24) is 0 Å². The van der Waals surface area contributed by atoms with Crippen LogP contribution >= 0.6 is 0 Å². The zero-order valence-electron chi connectivity index (χ0n) is 14.9. The van der Waals surface area contributed by atoms with Crippen LogP contribution in [0.25, 0.3) is 0 Å². The Balaban J connectivity index is 2.07. The average molecular weight is 326 g/mol. The topological polar surface area (TPSA) is 41.6 Å². The molecule has 1 amide bonds. The Labute approximate surface area is 144 Å². The van der Waals surface area contributed by atoms with Gasteiger partial charge < -0.3 is 15.0 Å². The van der Waals surface area contributed by atoms with Crippen LogP contribution in [0.1, 0.15) is 26.3 Å². The summed E-state index contributed by atoms with van der Waals surface area (Å²) in [6, 6.07) is 15.7. The summed E-state index contributed by atoms with van der Waals surface area (Å²) >= 11 is 0. The highest BCUT2D eigenvalue weighted by Crippen LogP contribution is 2.25. The third kappa shape index (κ3) is 5.01. The normalized spacial score (nSPS) is 10.5. The molecule has 0 fully saturated rings. The fraction of sp³-hybridized carbons (Fsp3) is 0.350. The molecule has 0 aliphatic rings. The molecular weight excluding hydrogens is 300 g/mol. The molecule has 0 aliphatic carbocycles. The van der Waals surface area contributed by atoms with Crippen LogP contribution in [0.2, 0.25) is 0 Å². The Morgan fingerprint density at radius 3 is 2.58 bits per heavy atom. The fourth-order valence-electron chi connectivity index (χ4n) is 2.50. The van der Waals surface area contributed by atoms with E-state index in [9.17, 15) is 4.79 Å². The number of carbonyl (C=O) groups excluding carboxylic acids is 1. The van der Waals surface area contributed by atoms with Gasteiger partial charge in [0.05, 0.1) is 18.3 Å². The standard InChI is InChI=1S/C20H26N2O2/c1-5-22(17-10-8-9-16(4)13-17)14-20(23)21-18-11-6-7-12-19(18)24-15(2)3/h6-13,15H,5,14H2,1-4H3,(H,21,23). The molecule has 2 aromatic carbocycles. The summed E-state index contributed by atoms with van der Waals surface area (Å²) in [5.74, 6) is 0.637. The molecule has 24 heavy (non-hydrogen) atoms. The first-order valence-electron chi connectivity index (χ1n) is 8.36. The molecule has 2 aromatic rings. The largest absolute Gasteiger partial charge is 0.489 e. The number of carbonyl (C=O) groups is 1. The second kappa shape index (κ2) is 8.39. The van der Waals surface area contributed by atoms with E-state index in [0.717, 1.165) is 12.2 Å². The first-order valence-corrected chi connectivity index (χ1v) is 8.36. The van der Waals surface area contributed by atoms with Crippen LogP contribution < -0.4 is 15.0 Å². The molecule has 0 heterocycles. The van der Waals surface area contributed by atoms with E-state index in [0.29, 0.717) is 18.0 Å². The Morgan fingerprint density at radius 1 is 1.17 bits per heavy atom. The summed E-state index contributed by atoms with van der Waals surface area (Å²) < 4.78 is 5.75. The van der Waals surface area contributed by atoms with Crippen molar-refractivity contribution in [2.45, 2.75) is 33.8 Å². The number of amides is 1. The third-order valence-corrected chi connectivity index (χ3v) is 3.61. The van der Waals surface area contributed by atoms with Gasteiger partial charge >= 0.3 is 0 Å². The molecular formula is C20H26N2O2. The van der Waals surface area contributed by atoms with Gasteiger partial charge in [-0.2, -0.15) is 0 Å². The summed E-state index contributed by atoms with van der Waals surface area (Å²) in [6.07, 6.45) is 0.0579. The molecule has 0 atom stereocenters. The van der Waals surface area contributed by atoms with Gasteiger partial charge in [-0.25, -0.2) is 0 Å². The smallest absolute Gasteiger partial charge is 0.243 e. The van der Waals surface area contributed by atoms with Crippen LogP contribution in [0.5, 0.6) is 5.75 Å². The third-order valence-electron chi connectivity index (χ3n) is 3.61. The summed E-state index contributed by atoms with van der Waals surface area (Å²) in [6.45, 7) is 9.10. The van der Waals surface area contributed by atoms with Gasteiger partial charge in [-0.15, -0.1) is 0 Å². The number of anilines is 2. The highest BCUT2D eigenvalue weighted by Gasteiger charge is 2.13. The lowest BCUT2D eigenvalue weighted by Crippen LogP contribution is -2.33. The van der Waals surface area contributed by atoms with Crippen LogP contribution in [0.3, 0.4) is 0 Å². The van der Waals surface area contributed by atoms with E-state index in [2.05, 4.69) is 24.4 Å². The van der Waals surface area contributed by atoms with Gasteiger partial charge in [0.2, 0.25) is 5.91 Å². The molecule has 0 radical (unpaired) electrons. The van der Waals surface area contributed by atoms with E-state index in [1.165, 1.54) is 5.56 Å². The fourth-order valence-corrected chi connectivity index (χ4v) is 2.50. The van der Waals surface area contributed by atoms with E-state index in [4.69, 9.17) is 4.74 Å². The number of ether oxygens (including phenoxy) is 1. The van der Waals surface area contributed by atoms with Gasteiger partial charge in [-0.3, -0.25) is 4.79 Å². The maximum atomic E-state index is 12.5. The molecule has 4 heteroatoms. The lowest BCUT2D eigenvalue weighted by molar-refractivity contribution is -0.115. The number of aryl methyl sites for hydroxylation is 1. The van der Waals surface area contributed by atoms with E-state index in [1.54, 1.807) is 0 Å². The number of nitrogens with one attached hydrogen (secondary N) is 1. The minimum absolute atomic E-state index is 0.0573. The maximum Gasteiger partial charge on any atom is 0.243 e.